The van der Waals surface area contributed by atoms with Crippen molar-refractivity contribution in [3.63, 3.8) is 0 Å². The quantitative estimate of drug-likeness (QED) is 0.624. The average molecular weight is 394 g/mol. The molecule has 1 aromatic heterocycles. The summed E-state index contributed by atoms with van der Waals surface area (Å²) in [4.78, 5) is 12.3. The molecule has 0 bridgehead atoms. The predicted molar refractivity (Wildman–Crippen MR) is 101 cm³/mol. The second kappa shape index (κ2) is 7.39. The van der Waals surface area contributed by atoms with Crippen molar-refractivity contribution in [2.75, 3.05) is 5.32 Å². The van der Waals surface area contributed by atoms with Gasteiger partial charge in [-0.15, -0.1) is 5.10 Å². The van der Waals surface area contributed by atoms with Crippen LogP contribution < -0.4 is 5.32 Å². The van der Waals surface area contributed by atoms with Crippen molar-refractivity contribution in [1.82, 2.24) is 9.78 Å². The largest absolute Gasteiger partial charge is 0.409 e. The molecule has 0 aliphatic heterocycles. The minimum absolute atomic E-state index is 0.0901. The SMILES string of the molecule is Cc1ccc(-c2nn(CC(=O)Nc3ccc(Cl)cc3Cl)c(=S)o2)cc1. The molecule has 1 heterocycles. The van der Waals surface area contributed by atoms with Gasteiger partial charge in [0.1, 0.15) is 6.54 Å². The van der Waals surface area contributed by atoms with E-state index in [-0.39, 0.29) is 17.3 Å². The number of anilines is 1. The van der Waals surface area contributed by atoms with Gasteiger partial charge in [-0.05, 0) is 49.5 Å². The fourth-order valence-electron chi connectivity index (χ4n) is 2.14. The Bertz CT molecular complexity index is 980. The first kappa shape index (κ1) is 17.7. The normalized spacial score (nSPS) is 10.7. The lowest BCUT2D eigenvalue weighted by Gasteiger charge is -2.07. The van der Waals surface area contributed by atoms with Crippen LogP contribution in [0.15, 0.2) is 46.9 Å². The molecular formula is C17H13Cl2N3O2S. The van der Waals surface area contributed by atoms with Gasteiger partial charge >= 0.3 is 0 Å². The van der Waals surface area contributed by atoms with Gasteiger partial charge in [0.05, 0.1) is 10.7 Å². The van der Waals surface area contributed by atoms with Gasteiger partial charge in [0.25, 0.3) is 4.84 Å². The van der Waals surface area contributed by atoms with Gasteiger partial charge in [-0.25, -0.2) is 4.68 Å². The standard InChI is InChI=1S/C17H13Cl2N3O2S/c1-10-2-4-11(5-3-10)16-21-22(17(25)24-16)9-15(23)20-14-7-6-12(18)8-13(14)19/h2-8H,9H2,1H3,(H,20,23). The fourth-order valence-corrected chi connectivity index (χ4v) is 2.78. The van der Waals surface area contributed by atoms with E-state index in [9.17, 15) is 4.79 Å². The van der Waals surface area contributed by atoms with E-state index >= 15 is 0 Å². The highest BCUT2D eigenvalue weighted by Crippen LogP contribution is 2.25. The van der Waals surface area contributed by atoms with Gasteiger partial charge in [-0.2, -0.15) is 0 Å². The number of amides is 1. The fraction of sp³-hybridized carbons (Fsp3) is 0.118. The van der Waals surface area contributed by atoms with E-state index in [4.69, 9.17) is 39.8 Å². The number of rotatable bonds is 4. The molecule has 3 aromatic rings. The summed E-state index contributed by atoms with van der Waals surface area (Å²) in [6, 6.07) is 12.5. The third-order valence-corrected chi connectivity index (χ3v) is 4.25. The molecule has 0 aliphatic rings. The molecule has 0 aliphatic carbocycles. The van der Waals surface area contributed by atoms with Crippen molar-refractivity contribution in [2.45, 2.75) is 13.5 Å². The van der Waals surface area contributed by atoms with Crippen LogP contribution in [0.1, 0.15) is 5.56 Å². The lowest BCUT2D eigenvalue weighted by molar-refractivity contribution is -0.117. The molecule has 0 radical (unpaired) electrons. The zero-order valence-corrected chi connectivity index (χ0v) is 15.5. The van der Waals surface area contributed by atoms with Gasteiger partial charge in [0.2, 0.25) is 11.8 Å². The Morgan fingerprint density at radius 2 is 1.96 bits per heavy atom. The number of halogens is 2. The Morgan fingerprint density at radius 1 is 1.24 bits per heavy atom. The van der Waals surface area contributed by atoms with E-state index in [0.29, 0.717) is 21.6 Å². The van der Waals surface area contributed by atoms with Crippen molar-refractivity contribution in [3.8, 4) is 11.5 Å². The molecule has 0 atom stereocenters. The monoisotopic (exact) mass is 393 g/mol. The van der Waals surface area contributed by atoms with Crippen LogP contribution in [0.5, 0.6) is 0 Å². The second-order valence-electron chi connectivity index (χ2n) is 5.37. The van der Waals surface area contributed by atoms with Gasteiger partial charge in [-0.3, -0.25) is 4.79 Å². The number of benzene rings is 2. The summed E-state index contributed by atoms with van der Waals surface area (Å²) in [5.74, 6) is 0.0337. The number of carbonyl (C=O) groups is 1. The van der Waals surface area contributed by atoms with Gasteiger partial charge in [0, 0.05) is 10.6 Å². The van der Waals surface area contributed by atoms with Crippen LogP contribution in [0.4, 0.5) is 5.69 Å². The van der Waals surface area contributed by atoms with E-state index in [1.165, 1.54) is 4.68 Å². The van der Waals surface area contributed by atoms with Gasteiger partial charge < -0.3 is 9.73 Å². The summed E-state index contributed by atoms with van der Waals surface area (Å²) < 4.78 is 6.80. The van der Waals surface area contributed by atoms with Gasteiger partial charge in [0.15, 0.2) is 0 Å². The van der Waals surface area contributed by atoms with Crippen molar-refractivity contribution in [3.05, 3.63) is 62.9 Å². The highest BCUT2D eigenvalue weighted by Gasteiger charge is 2.12. The van der Waals surface area contributed by atoms with Crippen molar-refractivity contribution in [2.24, 2.45) is 0 Å². The summed E-state index contributed by atoms with van der Waals surface area (Å²) in [5.41, 5.74) is 2.38. The molecule has 2 aromatic carbocycles. The number of nitrogens with zero attached hydrogens (tertiary/aromatic N) is 2. The highest BCUT2D eigenvalue weighted by atomic mass is 35.5. The molecule has 0 spiro atoms. The second-order valence-corrected chi connectivity index (χ2v) is 6.56. The molecule has 25 heavy (non-hydrogen) atoms. The number of aryl methyl sites for hydroxylation is 1. The summed E-state index contributed by atoms with van der Waals surface area (Å²) in [5, 5.41) is 7.79. The Hall–Kier alpha value is -2.15. The Labute approximate surface area is 159 Å². The molecule has 1 amide bonds. The number of aromatic nitrogens is 2. The van der Waals surface area contributed by atoms with Crippen LogP contribution in [0.3, 0.4) is 0 Å². The minimum atomic E-state index is -0.330. The Kier molecular flexibility index (Phi) is 5.22. The molecule has 5 nitrogen and oxygen atoms in total. The maximum atomic E-state index is 12.2. The van der Waals surface area contributed by atoms with E-state index < -0.39 is 0 Å². The molecule has 128 valence electrons. The smallest absolute Gasteiger partial charge is 0.287 e. The van der Waals surface area contributed by atoms with E-state index in [1.807, 2.05) is 31.2 Å². The topological polar surface area (TPSA) is 60.1 Å². The van der Waals surface area contributed by atoms with Crippen LogP contribution in [0.2, 0.25) is 10.0 Å². The molecule has 3 rings (SSSR count). The van der Waals surface area contributed by atoms with Crippen LogP contribution in [0, 0.1) is 11.8 Å². The number of hydrogen-bond donors (Lipinski definition) is 1. The summed E-state index contributed by atoms with van der Waals surface area (Å²) in [6.07, 6.45) is 0. The predicted octanol–water partition coefficient (Wildman–Crippen LogP) is 5.13. The lowest BCUT2D eigenvalue weighted by atomic mass is 10.1. The number of carbonyl (C=O) groups excluding carboxylic acids is 1. The zero-order valence-electron chi connectivity index (χ0n) is 13.1. The maximum Gasteiger partial charge on any atom is 0.287 e. The molecule has 0 unspecified atom stereocenters. The van der Waals surface area contributed by atoms with Crippen LogP contribution in [0.25, 0.3) is 11.5 Å². The Balaban J connectivity index is 1.75. The van der Waals surface area contributed by atoms with Crippen LogP contribution >= 0.6 is 35.4 Å². The highest BCUT2D eigenvalue weighted by molar-refractivity contribution is 7.71. The van der Waals surface area contributed by atoms with Crippen LogP contribution in [-0.4, -0.2) is 15.7 Å². The van der Waals surface area contributed by atoms with Crippen molar-refractivity contribution < 1.29 is 9.21 Å². The van der Waals surface area contributed by atoms with E-state index in [2.05, 4.69) is 10.4 Å². The van der Waals surface area contributed by atoms with Crippen molar-refractivity contribution >= 4 is 47.0 Å². The van der Waals surface area contributed by atoms with E-state index in [0.717, 1.165) is 11.1 Å². The first-order valence-electron chi connectivity index (χ1n) is 7.32. The zero-order chi connectivity index (χ0) is 18.0. The maximum absolute atomic E-state index is 12.2. The minimum Gasteiger partial charge on any atom is -0.409 e. The van der Waals surface area contributed by atoms with Crippen LogP contribution in [-0.2, 0) is 11.3 Å². The first-order chi connectivity index (χ1) is 11.9. The third kappa shape index (κ3) is 4.28. The molecule has 0 saturated carbocycles. The molecular weight excluding hydrogens is 381 g/mol. The van der Waals surface area contributed by atoms with E-state index in [1.54, 1.807) is 18.2 Å². The average Bonchev–Trinajstić information content (AvgIpc) is 2.91. The molecule has 0 fully saturated rings. The number of nitrogens with one attached hydrogen (secondary N) is 1. The lowest BCUT2D eigenvalue weighted by Crippen LogP contribution is -2.19. The van der Waals surface area contributed by atoms with Gasteiger partial charge in [-0.1, -0.05) is 40.9 Å². The summed E-state index contributed by atoms with van der Waals surface area (Å²) in [6.45, 7) is 1.90. The molecule has 0 saturated heterocycles. The summed E-state index contributed by atoms with van der Waals surface area (Å²) in [7, 11) is 0. The molecule has 8 heteroatoms. The molecule has 1 N–H and O–H groups in total. The summed E-state index contributed by atoms with van der Waals surface area (Å²) >= 11 is 17.0. The Morgan fingerprint density at radius 3 is 2.64 bits per heavy atom. The third-order valence-electron chi connectivity index (χ3n) is 3.40. The number of hydrogen-bond acceptors (Lipinski definition) is 4. The first-order valence-corrected chi connectivity index (χ1v) is 8.49. The van der Waals surface area contributed by atoms with Crippen molar-refractivity contribution in [1.29, 1.82) is 0 Å².